The fraction of sp³-hybridized carbons (Fsp3) is 0.516. The molecule has 0 bridgehead atoms. The van der Waals surface area contributed by atoms with E-state index in [1.54, 1.807) is 14.2 Å². The minimum Gasteiger partial charge on any atom is -0.497 e. The lowest BCUT2D eigenvalue weighted by Crippen LogP contribution is -2.36. The highest BCUT2D eigenvalue weighted by molar-refractivity contribution is 9.10. The highest BCUT2D eigenvalue weighted by atomic mass is 79.9. The van der Waals surface area contributed by atoms with Crippen molar-refractivity contribution in [1.29, 1.82) is 0 Å². The second kappa shape index (κ2) is 15.2. The quantitative estimate of drug-likeness (QED) is 0.195. The number of pyridine rings is 1. The van der Waals surface area contributed by atoms with E-state index in [2.05, 4.69) is 75.6 Å². The molecule has 2 heterocycles. The third-order valence-electron chi connectivity index (χ3n) is 6.92. The second-order valence-electron chi connectivity index (χ2n) is 9.88. The van der Waals surface area contributed by atoms with Gasteiger partial charge in [-0.15, -0.1) is 0 Å². The van der Waals surface area contributed by atoms with Gasteiger partial charge in [-0.05, 0) is 76.7 Å². The van der Waals surface area contributed by atoms with Gasteiger partial charge in [0, 0.05) is 34.6 Å². The third kappa shape index (κ3) is 7.70. The number of anilines is 3. The number of benzene rings is 2. The molecular formula is C31H46BrN5O2. The van der Waals surface area contributed by atoms with E-state index in [9.17, 15) is 0 Å². The largest absolute Gasteiger partial charge is 0.497 e. The van der Waals surface area contributed by atoms with Crippen molar-refractivity contribution in [3.63, 3.8) is 0 Å². The molecule has 1 unspecified atom stereocenters. The first kappa shape index (κ1) is 30.8. The minimum absolute atomic E-state index is 0.261. The van der Waals surface area contributed by atoms with Crippen molar-refractivity contribution in [3.05, 3.63) is 46.4 Å². The van der Waals surface area contributed by atoms with E-state index >= 15 is 0 Å². The molecule has 2 N–H and O–H groups in total. The van der Waals surface area contributed by atoms with Gasteiger partial charge in [0.05, 0.1) is 31.6 Å². The summed E-state index contributed by atoms with van der Waals surface area (Å²) >= 11 is 3.69. The molecule has 0 fully saturated rings. The van der Waals surface area contributed by atoms with Crippen LogP contribution in [0.2, 0.25) is 0 Å². The van der Waals surface area contributed by atoms with E-state index < -0.39 is 0 Å². The number of methoxy groups -OCH3 is 2. The second-order valence-corrected chi connectivity index (χ2v) is 10.8. The Labute approximate surface area is 243 Å². The lowest BCUT2D eigenvalue weighted by molar-refractivity contribution is 0.391. The zero-order valence-electron chi connectivity index (χ0n) is 24.7. The lowest BCUT2D eigenvalue weighted by Gasteiger charge is -2.28. The van der Waals surface area contributed by atoms with Crippen molar-refractivity contribution in [1.82, 2.24) is 9.88 Å². The van der Waals surface area contributed by atoms with Crippen molar-refractivity contribution >= 4 is 44.0 Å². The molecule has 0 radical (unpaired) electrons. The summed E-state index contributed by atoms with van der Waals surface area (Å²) < 4.78 is 12.1. The number of hydrogen-bond acceptors (Lipinski definition) is 7. The molecule has 0 spiro atoms. The van der Waals surface area contributed by atoms with Crippen LogP contribution in [0.25, 0.3) is 10.9 Å². The highest BCUT2D eigenvalue weighted by Crippen LogP contribution is 2.46. The molecule has 1 aliphatic rings. The maximum Gasteiger partial charge on any atom is 0.152 e. The van der Waals surface area contributed by atoms with Gasteiger partial charge in [0.25, 0.3) is 0 Å². The summed E-state index contributed by atoms with van der Waals surface area (Å²) in [6.07, 6.45) is 6.04. The molecule has 3 aromatic rings. The number of ether oxygens (including phenoxy) is 2. The van der Waals surface area contributed by atoms with Gasteiger partial charge in [0.1, 0.15) is 17.2 Å². The van der Waals surface area contributed by atoms with Crippen molar-refractivity contribution in [2.24, 2.45) is 0 Å². The van der Waals surface area contributed by atoms with Gasteiger partial charge in [-0.2, -0.15) is 0 Å². The van der Waals surface area contributed by atoms with E-state index in [-0.39, 0.29) is 6.17 Å². The van der Waals surface area contributed by atoms with Gasteiger partial charge in [-0.3, -0.25) is 0 Å². The van der Waals surface area contributed by atoms with Crippen LogP contribution < -0.4 is 25.0 Å². The van der Waals surface area contributed by atoms with Crippen molar-refractivity contribution in [3.8, 4) is 11.5 Å². The Balaban J connectivity index is 0.00000205. The molecule has 214 valence electrons. The van der Waals surface area contributed by atoms with Gasteiger partial charge < -0.3 is 29.9 Å². The van der Waals surface area contributed by atoms with Crippen LogP contribution in [0.1, 0.15) is 58.4 Å². The molecule has 0 amide bonds. The lowest BCUT2D eigenvalue weighted by atomic mass is 10.1. The number of nitrogens with one attached hydrogen (secondary N) is 2. The van der Waals surface area contributed by atoms with Crippen molar-refractivity contribution in [2.45, 2.75) is 65.6 Å². The van der Waals surface area contributed by atoms with Gasteiger partial charge in [-0.1, -0.05) is 43.1 Å². The SMILES string of the molecule is CC.CCCCC1Nc2c(NCc3ccc(OC)cc3OC)nc3ccc(Br)cc3c2N1CCCCN(C)C. The molecule has 0 saturated carbocycles. The average molecular weight is 601 g/mol. The maximum absolute atomic E-state index is 5.63. The van der Waals surface area contributed by atoms with Crippen LogP contribution in [-0.2, 0) is 6.54 Å². The molecule has 1 aliphatic heterocycles. The number of fused-ring (bicyclic) bond motifs is 3. The fourth-order valence-electron chi connectivity index (χ4n) is 4.96. The van der Waals surface area contributed by atoms with Gasteiger partial charge in [0.15, 0.2) is 5.82 Å². The Morgan fingerprint density at radius 1 is 1.05 bits per heavy atom. The number of nitrogens with zero attached hydrogens (tertiary/aromatic N) is 3. The predicted octanol–water partition coefficient (Wildman–Crippen LogP) is 7.74. The van der Waals surface area contributed by atoms with Crippen LogP contribution in [-0.4, -0.2) is 57.5 Å². The van der Waals surface area contributed by atoms with Crippen LogP contribution in [0.5, 0.6) is 11.5 Å². The summed E-state index contributed by atoms with van der Waals surface area (Å²) in [6, 6.07) is 12.3. The molecule has 0 saturated heterocycles. The smallest absolute Gasteiger partial charge is 0.152 e. The molecule has 7 nitrogen and oxygen atoms in total. The van der Waals surface area contributed by atoms with Crippen molar-refractivity contribution < 1.29 is 9.47 Å². The summed E-state index contributed by atoms with van der Waals surface area (Å²) in [4.78, 5) is 9.91. The maximum atomic E-state index is 5.63. The fourth-order valence-corrected chi connectivity index (χ4v) is 5.32. The standard InChI is InChI=1S/C29H40BrN5O2.C2H6/c1-6-7-10-26-33-27-28(35(26)16-9-8-15-34(2)3)23-17-21(30)12-14-24(23)32-29(27)31-19-20-11-13-22(36-4)18-25(20)37-5;1-2/h11-14,17-18,26,33H,6-10,15-16,19H2,1-5H3,(H,31,32);1-2H3. The Kier molecular flexibility index (Phi) is 12.0. The monoisotopic (exact) mass is 599 g/mol. The first-order valence-electron chi connectivity index (χ1n) is 14.2. The molecule has 0 aliphatic carbocycles. The van der Waals surface area contributed by atoms with Crippen LogP contribution in [0.3, 0.4) is 0 Å². The van der Waals surface area contributed by atoms with E-state index in [1.165, 1.54) is 30.3 Å². The Bertz CT molecular complexity index is 1200. The number of unbranched alkanes of at least 4 members (excludes halogenated alkanes) is 2. The topological polar surface area (TPSA) is 61.9 Å². The first-order valence-corrected chi connectivity index (χ1v) is 15.0. The van der Waals surface area contributed by atoms with Gasteiger partial charge in [0.2, 0.25) is 0 Å². The van der Waals surface area contributed by atoms with Gasteiger partial charge >= 0.3 is 0 Å². The van der Waals surface area contributed by atoms with Crippen LogP contribution in [0.4, 0.5) is 17.2 Å². The number of aromatic nitrogens is 1. The number of rotatable bonds is 13. The summed E-state index contributed by atoms with van der Waals surface area (Å²) in [5.74, 6) is 2.45. The van der Waals surface area contributed by atoms with Crippen LogP contribution in [0, 0.1) is 0 Å². The van der Waals surface area contributed by atoms with E-state index in [0.29, 0.717) is 6.54 Å². The molecule has 1 aromatic heterocycles. The molecule has 2 aromatic carbocycles. The van der Waals surface area contributed by atoms with E-state index in [0.717, 1.165) is 64.5 Å². The molecular weight excluding hydrogens is 554 g/mol. The normalized spacial score (nSPS) is 14.1. The summed E-state index contributed by atoms with van der Waals surface area (Å²) in [7, 11) is 7.64. The minimum atomic E-state index is 0.261. The molecule has 4 rings (SSSR count). The number of hydrogen-bond donors (Lipinski definition) is 2. The zero-order valence-corrected chi connectivity index (χ0v) is 26.3. The molecule has 1 atom stereocenters. The average Bonchev–Trinajstić information content (AvgIpc) is 3.32. The molecule has 39 heavy (non-hydrogen) atoms. The third-order valence-corrected chi connectivity index (χ3v) is 7.41. The predicted molar refractivity (Wildman–Crippen MR) is 170 cm³/mol. The summed E-state index contributed by atoms with van der Waals surface area (Å²) in [6.45, 7) is 8.97. The van der Waals surface area contributed by atoms with Crippen LogP contribution in [0.15, 0.2) is 40.9 Å². The first-order chi connectivity index (χ1) is 18.9. The summed E-state index contributed by atoms with van der Waals surface area (Å²) in [5, 5.41) is 8.65. The number of halogens is 1. The zero-order chi connectivity index (χ0) is 28.4. The Morgan fingerprint density at radius 2 is 1.85 bits per heavy atom. The van der Waals surface area contributed by atoms with E-state index in [1.807, 2.05) is 32.0 Å². The summed E-state index contributed by atoms with van der Waals surface area (Å²) in [5.41, 5.74) is 4.38. The van der Waals surface area contributed by atoms with Gasteiger partial charge in [-0.25, -0.2) is 4.98 Å². The highest BCUT2D eigenvalue weighted by Gasteiger charge is 2.32. The van der Waals surface area contributed by atoms with E-state index in [4.69, 9.17) is 14.5 Å². The van der Waals surface area contributed by atoms with Crippen molar-refractivity contribution in [2.75, 3.05) is 56.9 Å². The Morgan fingerprint density at radius 3 is 2.54 bits per heavy atom. The molecule has 8 heteroatoms. The van der Waals surface area contributed by atoms with Crippen LogP contribution >= 0.6 is 15.9 Å². The Hall–Kier alpha value is -2.71.